The summed E-state index contributed by atoms with van der Waals surface area (Å²) < 4.78 is 5.52. The van der Waals surface area contributed by atoms with Gasteiger partial charge in [0.15, 0.2) is 0 Å². The fourth-order valence-corrected chi connectivity index (χ4v) is 2.64. The number of carboxylic acids is 1. The fraction of sp³-hybridized carbons (Fsp3) is 0.353. The predicted molar refractivity (Wildman–Crippen MR) is 79.1 cm³/mol. The van der Waals surface area contributed by atoms with Crippen LogP contribution < -0.4 is 0 Å². The lowest BCUT2D eigenvalue weighted by Crippen LogP contribution is -2.28. The van der Waals surface area contributed by atoms with Crippen LogP contribution in [0.5, 0.6) is 0 Å². The van der Waals surface area contributed by atoms with Gasteiger partial charge in [-0.15, -0.1) is 0 Å². The van der Waals surface area contributed by atoms with E-state index < -0.39 is 5.97 Å². The Bertz CT molecular complexity index is 599. The van der Waals surface area contributed by atoms with Crippen molar-refractivity contribution in [2.45, 2.75) is 38.4 Å². The molecule has 1 aromatic heterocycles. The average Bonchev–Trinajstić information content (AvgIpc) is 3.18. The van der Waals surface area contributed by atoms with E-state index in [1.54, 1.807) is 18.4 Å². The molecule has 1 aliphatic rings. The van der Waals surface area contributed by atoms with E-state index in [9.17, 15) is 4.79 Å². The molecule has 1 N–H and O–H groups in total. The zero-order valence-corrected chi connectivity index (χ0v) is 12.0. The molecule has 0 saturated heterocycles. The molecule has 1 unspecified atom stereocenters. The molecular weight excluding hydrogens is 266 g/mol. The summed E-state index contributed by atoms with van der Waals surface area (Å²) in [6, 6.07) is 11.9. The minimum atomic E-state index is -0.885. The second-order valence-electron chi connectivity index (χ2n) is 5.60. The van der Waals surface area contributed by atoms with Crippen LogP contribution in [0.4, 0.5) is 0 Å². The second kappa shape index (κ2) is 5.74. The van der Waals surface area contributed by atoms with Crippen LogP contribution in [0, 0.1) is 0 Å². The van der Waals surface area contributed by atoms with Crippen LogP contribution in [-0.2, 0) is 6.54 Å². The maximum absolute atomic E-state index is 10.9. The van der Waals surface area contributed by atoms with E-state index in [2.05, 4.69) is 11.8 Å². The van der Waals surface area contributed by atoms with E-state index in [4.69, 9.17) is 9.52 Å². The van der Waals surface area contributed by atoms with E-state index in [0.29, 0.717) is 11.6 Å². The lowest BCUT2D eigenvalue weighted by molar-refractivity contribution is 0.0697. The number of rotatable bonds is 6. The van der Waals surface area contributed by atoms with Gasteiger partial charge in [0.05, 0.1) is 17.9 Å². The molecule has 4 nitrogen and oxygen atoms in total. The summed E-state index contributed by atoms with van der Waals surface area (Å²) in [6.07, 6.45) is 4.15. The molecule has 0 radical (unpaired) electrons. The van der Waals surface area contributed by atoms with Crippen molar-refractivity contribution in [3.05, 3.63) is 59.5 Å². The smallest absolute Gasteiger partial charge is 0.335 e. The highest BCUT2D eigenvalue weighted by Crippen LogP contribution is 2.35. The third kappa shape index (κ3) is 3.16. The van der Waals surface area contributed by atoms with Gasteiger partial charge in [-0.1, -0.05) is 12.1 Å². The second-order valence-corrected chi connectivity index (χ2v) is 5.60. The van der Waals surface area contributed by atoms with Gasteiger partial charge in [-0.3, -0.25) is 4.90 Å². The first kappa shape index (κ1) is 13.9. The standard InChI is InChI=1S/C17H19NO3/c1-12(16-3-2-10-21-16)18(15-8-9-15)11-13-4-6-14(7-5-13)17(19)20/h2-7,10,12,15H,8-9,11H2,1H3,(H,19,20). The summed E-state index contributed by atoms with van der Waals surface area (Å²) in [5.74, 6) is 0.0913. The number of carbonyl (C=O) groups is 1. The zero-order chi connectivity index (χ0) is 14.8. The van der Waals surface area contributed by atoms with Gasteiger partial charge in [-0.05, 0) is 49.6 Å². The fourth-order valence-electron chi connectivity index (χ4n) is 2.64. The predicted octanol–water partition coefficient (Wildman–Crippen LogP) is 3.70. The van der Waals surface area contributed by atoms with Crippen molar-refractivity contribution < 1.29 is 14.3 Å². The van der Waals surface area contributed by atoms with Gasteiger partial charge in [0.2, 0.25) is 0 Å². The van der Waals surface area contributed by atoms with Crippen LogP contribution in [-0.4, -0.2) is 22.0 Å². The van der Waals surface area contributed by atoms with Crippen LogP contribution in [0.15, 0.2) is 47.1 Å². The number of nitrogens with zero attached hydrogens (tertiary/aromatic N) is 1. The van der Waals surface area contributed by atoms with E-state index in [1.165, 1.54) is 12.8 Å². The number of carboxylic acid groups (broad SMARTS) is 1. The highest BCUT2D eigenvalue weighted by molar-refractivity contribution is 5.87. The topological polar surface area (TPSA) is 53.7 Å². The molecule has 0 spiro atoms. The van der Waals surface area contributed by atoms with Crippen LogP contribution in [0.25, 0.3) is 0 Å². The van der Waals surface area contributed by atoms with Crippen LogP contribution >= 0.6 is 0 Å². The molecular formula is C17H19NO3. The Hall–Kier alpha value is -2.07. The van der Waals surface area contributed by atoms with Gasteiger partial charge in [-0.2, -0.15) is 0 Å². The monoisotopic (exact) mass is 285 g/mol. The quantitative estimate of drug-likeness (QED) is 0.879. The van der Waals surface area contributed by atoms with Crippen molar-refractivity contribution in [2.24, 2.45) is 0 Å². The number of hydrogen-bond acceptors (Lipinski definition) is 3. The molecule has 3 rings (SSSR count). The summed E-state index contributed by atoms with van der Waals surface area (Å²) in [5.41, 5.74) is 1.46. The summed E-state index contributed by atoms with van der Waals surface area (Å²) in [7, 11) is 0. The number of benzene rings is 1. The highest BCUT2D eigenvalue weighted by atomic mass is 16.4. The molecule has 1 saturated carbocycles. The summed E-state index contributed by atoms with van der Waals surface area (Å²) in [6.45, 7) is 2.97. The van der Waals surface area contributed by atoms with Gasteiger partial charge in [0.25, 0.3) is 0 Å². The third-order valence-corrected chi connectivity index (χ3v) is 4.03. The van der Waals surface area contributed by atoms with Gasteiger partial charge < -0.3 is 9.52 Å². The molecule has 0 amide bonds. The highest BCUT2D eigenvalue weighted by Gasteiger charge is 2.33. The molecule has 1 aliphatic carbocycles. The molecule has 110 valence electrons. The molecule has 2 aromatic rings. The Morgan fingerprint density at radius 2 is 2.05 bits per heavy atom. The minimum absolute atomic E-state index is 0.228. The Labute approximate surface area is 124 Å². The third-order valence-electron chi connectivity index (χ3n) is 4.03. The van der Waals surface area contributed by atoms with Crippen molar-refractivity contribution >= 4 is 5.97 Å². The largest absolute Gasteiger partial charge is 0.478 e. The van der Waals surface area contributed by atoms with Gasteiger partial charge in [0.1, 0.15) is 5.76 Å². The molecule has 1 atom stereocenters. The van der Waals surface area contributed by atoms with E-state index >= 15 is 0 Å². The van der Waals surface area contributed by atoms with Crippen molar-refractivity contribution in [1.29, 1.82) is 0 Å². The summed E-state index contributed by atoms with van der Waals surface area (Å²) in [5, 5.41) is 8.95. The first-order valence-electron chi connectivity index (χ1n) is 7.26. The Balaban J connectivity index is 1.74. The molecule has 1 aromatic carbocycles. The molecule has 0 bridgehead atoms. The van der Waals surface area contributed by atoms with Crippen LogP contribution in [0.1, 0.15) is 47.5 Å². The maximum atomic E-state index is 10.9. The summed E-state index contributed by atoms with van der Waals surface area (Å²) in [4.78, 5) is 13.3. The van der Waals surface area contributed by atoms with Gasteiger partial charge >= 0.3 is 5.97 Å². The first-order chi connectivity index (χ1) is 10.1. The number of hydrogen-bond donors (Lipinski definition) is 1. The van der Waals surface area contributed by atoms with Crippen LogP contribution in [0.3, 0.4) is 0 Å². The average molecular weight is 285 g/mol. The van der Waals surface area contributed by atoms with Crippen molar-refractivity contribution in [3.8, 4) is 0 Å². The van der Waals surface area contributed by atoms with E-state index in [1.807, 2.05) is 24.3 Å². The lowest BCUT2D eigenvalue weighted by Gasteiger charge is -2.27. The molecule has 4 heteroatoms. The zero-order valence-electron chi connectivity index (χ0n) is 12.0. The normalized spacial score (nSPS) is 16.1. The first-order valence-corrected chi connectivity index (χ1v) is 7.26. The lowest BCUT2D eigenvalue weighted by atomic mass is 10.1. The van der Waals surface area contributed by atoms with Crippen LogP contribution in [0.2, 0.25) is 0 Å². The molecule has 1 fully saturated rings. The number of aromatic carboxylic acids is 1. The summed E-state index contributed by atoms with van der Waals surface area (Å²) >= 11 is 0. The van der Waals surface area contributed by atoms with Crippen molar-refractivity contribution in [2.75, 3.05) is 0 Å². The SMILES string of the molecule is CC(c1ccco1)N(Cc1ccc(C(=O)O)cc1)C1CC1. The van der Waals surface area contributed by atoms with Crippen molar-refractivity contribution in [1.82, 2.24) is 4.90 Å². The Kier molecular flexibility index (Phi) is 3.80. The Morgan fingerprint density at radius 1 is 1.33 bits per heavy atom. The molecule has 21 heavy (non-hydrogen) atoms. The van der Waals surface area contributed by atoms with Crippen molar-refractivity contribution in [3.63, 3.8) is 0 Å². The van der Waals surface area contributed by atoms with Gasteiger partial charge in [-0.25, -0.2) is 4.79 Å². The van der Waals surface area contributed by atoms with Gasteiger partial charge in [0, 0.05) is 12.6 Å². The number of furan rings is 1. The molecule has 1 heterocycles. The maximum Gasteiger partial charge on any atom is 0.335 e. The van der Waals surface area contributed by atoms with E-state index in [0.717, 1.165) is 17.9 Å². The van der Waals surface area contributed by atoms with E-state index in [-0.39, 0.29) is 6.04 Å². The minimum Gasteiger partial charge on any atom is -0.478 e. The molecule has 0 aliphatic heterocycles. The Morgan fingerprint density at radius 3 is 2.57 bits per heavy atom.